The summed E-state index contributed by atoms with van der Waals surface area (Å²) in [6.45, 7) is 0. The minimum Gasteiger partial charge on any atom is -0.478 e. The van der Waals surface area contributed by atoms with Crippen LogP contribution in [0.4, 0.5) is 0 Å². The standard InChI is InChI=1S/C7H5NO4S/c9-5(10)2-1-4-3-13-6(8-4)7(11)12/h1-3H,(H,9,10)(H,11,12). The van der Waals surface area contributed by atoms with Crippen molar-refractivity contribution in [3.05, 3.63) is 22.2 Å². The zero-order chi connectivity index (χ0) is 9.84. The molecule has 2 N–H and O–H groups in total. The van der Waals surface area contributed by atoms with Crippen molar-refractivity contribution in [1.29, 1.82) is 0 Å². The molecule has 0 radical (unpaired) electrons. The molecule has 0 aliphatic heterocycles. The lowest BCUT2D eigenvalue weighted by atomic mass is 10.4. The second kappa shape index (κ2) is 3.81. The fourth-order valence-corrected chi connectivity index (χ4v) is 1.24. The van der Waals surface area contributed by atoms with Crippen molar-refractivity contribution in [1.82, 2.24) is 4.98 Å². The third-order valence-electron chi connectivity index (χ3n) is 1.10. The SMILES string of the molecule is O=C(O)C=Cc1csc(C(=O)O)n1. The maximum Gasteiger partial charge on any atom is 0.365 e. The molecule has 0 spiro atoms. The lowest BCUT2D eigenvalue weighted by Gasteiger charge is -1.81. The molecule has 0 aliphatic carbocycles. The van der Waals surface area contributed by atoms with Gasteiger partial charge in [0, 0.05) is 11.5 Å². The van der Waals surface area contributed by atoms with Crippen LogP contribution in [0.25, 0.3) is 6.08 Å². The summed E-state index contributed by atoms with van der Waals surface area (Å²) in [5, 5.41) is 18.2. The Morgan fingerprint density at radius 3 is 2.62 bits per heavy atom. The highest BCUT2D eigenvalue weighted by atomic mass is 32.1. The van der Waals surface area contributed by atoms with E-state index in [1.54, 1.807) is 0 Å². The van der Waals surface area contributed by atoms with Gasteiger partial charge in [-0.1, -0.05) is 0 Å². The van der Waals surface area contributed by atoms with E-state index in [0.29, 0.717) is 5.69 Å². The van der Waals surface area contributed by atoms with Crippen LogP contribution < -0.4 is 0 Å². The fourth-order valence-electron chi connectivity index (χ4n) is 0.618. The molecule has 68 valence electrons. The quantitative estimate of drug-likeness (QED) is 0.707. The number of nitrogens with zero attached hydrogens (tertiary/aromatic N) is 1. The lowest BCUT2D eigenvalue weighted by molar-refractivity contribution is -0.131. The predicted molar refractivity (Wildman–Crippen MR) is 45.7 cm³/mol. The van der Waals surface area contributed by atoms with Crippen LogP contribution in [0.3, 0.4) is 0 Å². The van der Waals surface area contributed by atoms with Crippen molar-refractivity contribution < 1.29 is 19.8 Å². The number of hydrogen-bond donors (Lipinski definition) is 2. The number of aliphatic carboxylic acids is 1. The lowest BCUT2D eigenvalue weighted by Crippen LogP contribution is -1.94. The number of carbonyl (C=O) groups is 2. The van der Waals surface area contributed by atoms with Crippen LogP contribution in [0.5, 0.6) is 0 Å². The number of hydrogen-bond acceptors (Lipinski definition) is 4. The summed E-state index contributed by atoms with van der Waals surface area (Å²) >= 11 is 0.954. The van der Waals surface area contributed by atoms with Crippen molar-refractivity contribution in [3.8, 4) is 0 Å². The molecule has 0 amide bonds. The van der Waals surface area contributed by atoms with Gasteiger partial charge in [0.05, 0.1) is 5.69 Å². The molecule has 6 heteroatoms. The molecule has 13 heavy (non-hydrogen) atoms. The molecular formula is C7H5NO4S. The van der Waals surface area contributed by atoms with Crippen molar-refractivity contribution in [3.63, 3.8) is 0 Å². The molecule has 1 rings (SSSR count). The number of aromatic carboxylic acids is 1. The number of thiazole rings is 1. The monoisotopic (exact) mass is 199 g/mol. The zero-order valence-corrected chi connectivity index (χ0v) is 7.11. The number of carboxylic acid groups (broad SMARTS) is 2. The molecule has 0 saturated carbocycles. The molecule has 0 saturated heterocycles. The highest BCUT2D eigenvalue weighted by Gasteiger charge is 2.06. The average Bonchev–Trinajstić information content (AvgIpc) is 2.48. The van der Waals surface area contributed by atoms with Gasteiger partial charge < -0.3 is 10.2 Å². The van der Waals surface area contributed by atoms with E-state index in [4.69, 9.17) is 10.2 Å². The molecule has 0 unspecified atom stereocenters. The van der Waals surface area contributed by atoms with E-state index in [-0.39, 0.29) is 5.01 Å². The predicted octanol–water partition coefficient (Wildman–Crippen LogP) is 0.939. The summed E-state index contributed by atoms with van der Waals surface area (Å²) < 4.78 is 0. The van der Waals surface area contributed by atoms with Gasteiger partial charge in [0.1, 0.15) is 0 Å². The third kappa shape index (κ3) is 2.68. The van der Waals surface area contributed by atoms with Crippen LogP contribution in [0.15, 0.2) is 11.5 Å². The second-order valence-electron chi connectivity index (χ2n) is 2.05. The first-order chi connectivity index (χ1) is 6.09. The highest BCUT2D eigenvalue weighted by Crippen LogP contribution is 2.10. The summed E-state index contributed by atoms with van der Waals surface area (Å²) in [4.78, 5) is 24.1. The number of carboxylic acids is 2. The molecule has 0 bridgehead atoms. The van der Waals surface area contributed by atoms with Gasteiger partial charge in [-0.15, -0.1) is 11.3 Å². The summed E-state index contributed by atoms with van der Waals surface area (Å²) in [7, 11) is 0. The topological polar surface area (TPSA) is 87.5 Å². The normalized spacial score (nSPS) is 10.5. The Morgan fingerprint density at radius 1 is 1.46 bits per heavy atom. The Morgan fingerprint density at radius 2 is 2.15 bits per heavy atom. The van der Waals surface area contributed by atoms with Gasteiger partial charge in [0.25, 0.3) is 0 Å². The minimum absolute atomic E-state index is 0.0509. The van der Waals surface area contributed by atoms with E-state index in [1.165, 1.54) is 11.5 Å². The van der Waals surface area contributed by atoms with Gasteiger partial charge in [-0.25, -0.2) is 14.6 Å². The summed E-state index contributed by atoms with van der Waals surface area (Å²) in [6, 6.07) is 0. The van der Waals surface area contributed by atoms with E-state index >= 15 is 0 Å². The van der Waals surface area contributed by atoms with Crippen molar-refractivity contribution in [2.75, 3.05) is 0 Å². The molecule has 1 aromatic rings. The third-order valence-corrected chi connectivity index (χ3v) is 1.95. The van der Waals surface area contributed by atoms with Gasteiger partial charge in [-0.05, 0) is 6.08 Å². The van der Waals surface area contributed by atoms with Crippen LogP contribution in [0, 0.1) is 0 Å². The average molecular weight is 199 g/mol. The second-order valence-corrected chi connectivity index (χ2v) is 2.91. The molecule has 0 aliphatic rings. The zero-order valence-electron chi connectivity index (χ0n) is 6.30. The molecule has 5 nitrogen and oxygen atoms in total. The van der Waals surface area contributed by atoms with E-state index in [2.05, 4.69) is 4.98 Å². The van der Waals surface area contributed by atoms with E-state index in [9.17, 15) is 9.59 Å². The van der Waals surface area contributed by atoms with E-state index in [0.717, 1.165) is 17.4 Å². The Balaban J connectivity index is 2.80. The molecule has 1 aromatic heterocycles. The van der Waals surface area contributed by atoms with Crippen LogP contribution in [0.1, 0.15) is 15.5 Å². The fraction of sp³-hybridized carbons (Fsp3) is 0. The molecule has 0 fully saturated rings. The van der Waals surface area contributed by atoms with E-state index < -0.39 is 11.9 Å². The summed E-state index contributed by atoms with van der Waals surface area (Å²) in [5.74, 6) is -2.20. The van der Waals surface area contributed by atoms with Gasteiger partial charge >= 0.3 is 11.9 Å². The Kier molecular flexibility index (Phi) is 2.76. The van der Waals surface area contributed by atoms with Crippen molar-refractivity contribution in [2.24, 2.45) is 0 Å². The first-order valence-corrected chi connectivity index (χ1v) is 4.07. The minimum atomic E-state index is -1.11. The van der Waals surface area contributed by atoms with Gasteiger partial charge in [0.2, 0.25) is 5.01 Å². The number of rotatable bonds is 3. The van der Waals surface area contributed by atoms with Gasteiger partial charge in [-0.3, -0.25) is 0 Å². The summed E-state index contributed by atoms with van der Waals surface area (Å²) in [5.41, 5.74) is 0.338. The van der Waals surface area contributed by atoms with Crippen molar-refractivity contribution in [2.45, 2.75) is 0 Å². The Hall–Kier alpha value is -1.69. The van der Waals surface area contributed by atoms with Crippen LogP contribution in [-0.2, 0) is 4.79 Å². The van der Waals surface area contributed by atoms with Crippen LogP contribution in [-0.4, -0.2) is 27.1 Å². The Labute approximate surface area is 77.0 Å². The molecule has 1 heterocycles. The molecular weight excluding hydrogens is 194 g/mol. The largest absolute Gasteiger partial charge is 0.478 e. The maximum absolute atomic E-state index is 10.4. The van der Waals surface area contributed by atoms with Gasteiger partial charge in [-0.2, -0.15) is 0 Å². The molecule has 0 aromatic carbocycles. The maximum atomic E-state index is 10.4. The first-order valence-electron chi connectivity index (χ1n) is 3.19. The number of aromatic nitrogens is 1. The summed E-state index contributed by atoms with van der Waals surface area (Å²) in [6.07, 6.45) is 2.14. The van der Waals surface area contributed by atoms with Gasteiger partial charge in [0.15, 0.2) is 0 Å². The van der Waals surface area contributed by atoms with Crippen LogP contribution >= 0.6 is 11.3 Å². The van der Waals surface area contributed by atoms with E-state index in [1.807, 2.05) is 0 Å². The first kappa shape index (κ1) is 9.40. The highest BCUT2D eigenvalue weighted by molar-refractivity contribution is 7.11. The Bertz CT molecular complexity index is 368. The molecule has 0 atom stereocenters. The smallest absolute Gasteiger partial charge is 0.365 e. The van der Waals surface area contributed by atoms with Crippen LogP contribution in [0.2, 0.25) is 0 Å². The van der Waals surface area contributed by atoms with Crippen molar-refractivity contribution >= 4 is 29.4 Å².